The molecule has 0 aliphatic heterocycles. The predicted octanol–water partition coefficient (Wildman–Crippen LogP) is 2.97. The zero-order valence-corrected chi connectivity index (χ0v) is 14.6. The first-order chi connectivity index (χ1) is 11.4. The van der Waals surface area contributed by atoms with E-state index in [1.54, 1.807) is 6.92 Å². The van der Waals surface area contributed by atoms with Gasteiger partial charge in [0.1, 0.15) is 12.4 Å². The molecule has 1 unspecified atom stereocenters. The first-order valence-corrected chi connectivity index (χ1v) is 8.27. The Morgan fingerprint density at radius 2 is 1.62 bits per heavy atom. The van der Waals surface area contributed by atoms with E-state index in [-0.39, 0.29) is 11.9 Å². The number of amides is 1. The molecule has 0 radical (unpaired) electrons. The molecule has 0 aliphatic carbocycles. The summed E-state index contributed by atoms with van der Waals surface area (Å²) in [6, 6.07) is 15.9. The number of carbonyl (C=O) groups excluding carboxylic acids is 1. The number of ether oxygens (including phenoxy) is 1. The van der Waals surface area contributed by atoms with Crippen LogP contribution in [-0.2, 0) is 17.8 Å². The average molecular weight is 326 g/mol. The predicted molar refractivity (Wildman–Crippen MR) is 96.9 cm³/mol. The molecule has 2 aromatic carbocycles. The lowest BCUT2D eigenvalue weighted by Crippen LogP contribution is -2.43. The normalized spacial score (nSPS) is 13.2. The fraction of sp³-hybridized carbons (Fsp3) is 0.350. The van der Waals surface area contributed by atoms with Crippen molar-refractivity contribution in [1.82, 2.24) is 5.32 Å². The summed E-state index contributed by atoms with van der Waals surface area (Å²) in [6.07, 6.45) is 0.761. The van der Waals surface area contributed by atoms with Crippen LogP contribution in [0, 0.1) is 6.92 Å². The van der Waals surface area contributed by atoms with Gasteiger partial charge in [-0.25, -0.2) is 0 Å². The molecule has 0 bridgehead atoms. The summed E-state index contributed by atoms with van der Waals surface area (Å²) in [5.41, 5.74) is 9.10. The highest BCUT2D eigenvalue weighted by atomic mass is 16.5. The Morgan fingerprint density at radius 1 is 1.04 bits per heavy atom. The van der Waals surface area contributed by atoms with Gasteiger partial charge >= 0.3 is 0 Å². The molecule has 4 nitrogen and oxygen atoms in total. The maximum atomic E-state index is 11.6. The van der Waals surface area contributed by atoms with Gasteiger partial charge in [0.15, 0.2) is 0 Å². The Balaban J connectivity index is 1.84. The summed E-state index contributed by atoms with van der Waals surface area (Å²) < 4.78 is 5.80. The molecule has 0 aromatic heterocycles. The minimum atomic E-state index is -0.481. The quantitative estimate of drug-likeness (QED) is 0.822. The third-order valence-electron chi connectivity index (χ3n) is 3.79. The zero-order valence-electron chi connectivity index (χ0n) is 14.6. The van der Waals surface area contributed by atoms with Gasteiger partial charge in [-0.15, -0.1) is 0 Å². The lowest BCUT2D eigenvalue weighted by atomic mass is 10.1. The molecule has 2 rings (SSSR count). The van der Waals surface area contributed by atoms with E-state index in [4.69, 9.17) is 10.5 Å². The molecule has 0 saturated heterocycles. The lowest BCUT2D eigenvalue weighted by molar-refractivity contribution is -0.122. The fourth-order valence-electron chi connectivity index (χ4n) is 2.35. The van der Waals surface area contributed by atoms with E-state index in [9.17, 15) is 4.79 Å². The summed E-state index contributed by atoms with van der Waals surface area (Å²) >= 11 is 0. The highest BCUT2D eigenvalue weighted by molar-refractivity contribution is 5.81. The van der Waals surface area contributed by atoms with Crippen LogP contribution in [0.3, 0.4) is 0 Å². The summed E-state index contributed by atoms with van der Waals surface area (Å²) in [5.74, 6) is 0.715. The van der Waals surface area contributed by atoms with Crippen LogP contribution in [-0.4, -0.2) is 18.0 Å². The van der Waals surface area contributed by atoms with E-state index < -0.39 is 6.04 Å². The molecule has 2 atom stereocenters. The van der Waals surface area contributed by atoms with Gasteiger partial charge in [0.2, 0.25) is 5.91 Å². The number of benzene rings is 2. The van der Waals surface area contributed by atoms with Crippen LogP contribution in [0.25, 0.3) is 0 Å². The number of hydrogen-bond acceptors (Lipinski definition) is 3. The molecule has 0 fully saturated rings. The Bertz CT molecular complexity index is 648. The number of hydrogen-bond donors (Lipinski definition) is 2. The van der Waals surface area contributed by atoms with Crippen molar-refractivity contribution in [3.63, 3.8) is 0 Å². The first-order valence-electron chi connectivity index (χ1n) is 8.27. The second-order valence-corrected chi connectivity index (χ2v) is 6.32. The Labute approximate surface area is 144 Å². The third-order valence-corrected chi connectivity index (χ3v) is 3.79. The first kappa shape index (κ1) is 18.0. The molecule has 0 heterocycles. The highest BCUT2D eigenvalue weighted by Gasteiger charge is 2.11. The van der Waals surface area contributed by atoms with Crippen LogP contribution in [0.15, 0.2) is 48.5 Å². The standard InChI is InChI=1S/C20H26N2O2/c1-14-4-6-18(7-5-14)13-24-19-10-8-17(9-11-19)12-15(2)22-20(23)16(3)21/h4-11,15-16H,12-13,21H2,1-3H3,(H,22,23)/t15?,16-/m0/s1. The van der Waals surface area contributed by atoms with Crippen molar-refractivity contribution in [1.29, 1.82) is 0 Å². The average Bonchev–Trinajstić information content (AvgIpc) is 2.55. The number of nitrogens with two attached hydrogens (primary N) is 1. The van der Waals surface area contributed by atoms with E-state index in [2.05, 4.69) is 36.5 Å². The van der Waals surface area contributed by atoms with Gasteiger partial charge in [-0.3, -0.25) is 4.79 Å². The van der Waals surface area contributed by atoms with E-state index in [0.29, 0.717) is 6.61 Å². The van der Waals surface area contributed by atoms with Gasteiger partial charge in [-0.2, -0.15) is 0 Å². The molecule has 0 saturated carbocycles. The summed E-state index contributed by atoms with van der Waals surface area (Å²) in [5, 5.41) is 2.90. The van der Waals surface area contributed by atoms with Crippen LogP contribution in [0.5, 0.6) is 5.75 Å². The maximum Gasteiger partial charge on any atom is 0.236 e. The largest absolute Gasteiger partial charge is 0.489 e. The van der Waals surface area contributed by atoms with Gasteiger partial charge in [0.05, 0.1) is 6.04 Å². The molecular formula is C20H26N2O2. The number of nitrogens with one attached hydrogen (secondary N) is 1. The monoisotopic (exact) mass is 326 g/mol. The summed E-state index contributed by atoms with van der Waals surface area (Å²) in [6.45, 7) is 6.28. The van der Waals surface area contributed by atoms with Crippen molar-refractivity contribution >= 4 is 5.91 Å². The van der Waals surface area contributed by atoms with E-state index in [1.807, 2.05) is 31.2 Å². The van der Waals surface area contributed by atoms with Crippen molar-refractivity contribution in [2.45, 2.75) is 45.9 Å². The van der Waals surface area contributed by atoms with Crippen LogP contribution >= 0.6 is 0 Å². The molecule has 2 aromatic rings. The third kappa shape index (κ3) is 5.70. The van der Waals surface area contributed by atoms with Crippen LogP contribution in [0.1, 0.15) is 30.5 Å². The Morgan fingerprint density at radius 3 is 2.21 bits per heavy atom. The zero-order chi connectivity index (χ0) is 17.5. The highest BCUT2D eigenvalue weighted by Crippen LogP contribution is 2.15. The van der Waals surface area contributed by atoms with Crippen molar-refractivity contribution < 1.29 is 9.53 Å². The summed E-state index contributed by atoms with van der Waals surface area (Å²) in [4.78, 5) is 11.6. The summed E-state index contributed by atoms with van der Waals surface area (Å²) in [7, 11) is 0. The number of rotatable bonds is 7. The maximum absolute atomic E-state index is 11.6. The fourth-order valence-corrected chi connectivity index (χ4v) is 2.35. The molecule has 24 heavy (non-hydrogen) atoms. The van der Waals surface area contributed by atoms with E-state index in [0.717, 1.165) is 23.3 Å². The van der Waals surface area contributed by atoms with Gasteiger partial charge in [-0.05, 0) is 50.5 Å². The van der Waals surface area contributed by atoms with Gasteiger partial charge < -0.3 is 15.8 Å². The molecular weight excluding hydrogens is 300 g/mol. The van der Waals surface area contributed by atoms with Crippen LogP contribution < -0.4 is 15.8 Å². The molecule has 1 amide bonds. The second-order valence-electron chi connectivity index (χ2n) is 6.32. The molecule has 0 aliphatic rings. The lowest BCUT2D eigenvalue weighted by Gasteiger charge is -2.16. The van der Waals surface area contributed by atoms with Crippen molar-refractivity contribution in [3.05, 3.63) is 65.2 Å². The van der Waals surface area contributed by atoms with Crippen molar-refractivity contribution in [2.75, 3.05) is 0 Å². The topological polar surface area (TPSA) is 64.3 Å². The van der Waals surface area contributed by atoms with Gasteiger partial charge in [0, 0.05) is 6.04 Å². The Hall–Kier alpha value is -2.33. The van der Waals surface area contributed by atoms with Crippen molar-refractivity contribution in [3.8, 4) is 5.75 Å². The smallest absolute Gasteiger partial charge is 0.236 e. The van der Waals surface area contributed by atoms with Crippen LogP contribution in [0.4, 0.5) is 0 Å². The van der Waals surface area contributed by atoms with Gasteiger partial charge in [-0.1, -0.05) is 42.0 Å². The van der Waals surface area contributed by atoms with E-state index in [1.165, 1.54) is 5.56 Å². The molecule has 0 spiro atoms. The van der Waals surface area contributed by atoms with Crippen LogP contribution in [0.2, 0.25) is 0 Å². The Kier molecular flexibility index (Phi) is 6.38. The minimum Gasteiger partial charge on any atom is -0.489 e. The molecule has 3 N–H and O–H groups in total. The number of carbonyl (C=O) groups is 1. The minimum absolute atomic E-state index is 0.0443. The van der Waals surface area contributed by atoms with E-state index >= 15 is 0 Å². The second kappa shape index (κ2) is 8.50. The molecule has 128 valence electrons. The van der Waals surface area contributed by atoms with Crippen molar-refractivity contribution in [2.24, 2.45) is 5.73 Å². The molecule has 4 heteroatoms. The number of aryl methyl sites for hydroxylation is 1. The van der Waals surface area contributed by atoms with Gasteiger partial charge in [0.25, 0.3) is 0 Å². The SMILES string of the molecule is Cc1ccc(COc2ccc(CC(C)NC(=O)[C@H](C)N)cc2)cc1.